The van der Waals surface area contributed by atoms with E-state index in [0.29, 0.717) is 33.4 Å². The summed E-state index contributed by atoms with van der Waals surface area (Å²) in [5, 5.41) is 0.287. The van der Waals surface area contributed by atoms with Crippen molar-refractivity contribution in [1.82, 2.24) is 9.55 Å². The average molecular weight is 694 g/mol. The molecular weight excluding hydrogens is 662 g/mol. The Morgan fingerprint density at radius 3 is 2.30 bits per heavy atom. The van der Waals surface area contributed by atoms with Crippen molar-refractivity contribution in [3.05, 3.63) is 123 Å². The smallest absolute Gasteiger partial charge is 0.270 e. The lowest BCUT2D eigenvalue weighted by molar-refractivity contribution is -0.106. The number of halogens is 1. The quantitative estimate of drug-likeness (QED) is 0.142. The topological polar surface area (TPSA) is 133 Å². The van der Waals surface area contributed by atoms with Crippen molar-refractivity contribution in [2.24, 2.45) is 0 Å². The molecule has 0 spiro atoms. The van der Waals surface area contributed by atoms with Crippen molar-refractivity contribution in [2.45, 2.75) is 49.1 Å². The lowest BCUT2D eigenvalue weighted by Crippen LogP contribution is -2.30. The number of hydrogen-bond acceptors (Lipinski definition) is 8. The summed E-state index contributed by atoms with van der Waals surface area (Å²) in [7, 11) is -7.70. The molecule has 10 nitrogen and oxygen atoms in total. The van der Waals surface area contributed by atoms with Gasteiger partial charge in [-0.1, -0.05) is 67.4 Å². The molecule has 1 heterocycles. The van der Waals surface area contributed by atoms with E-state index in [2.05, 4.69) is 6.92 Å². The molecule has 0 N–H and O–H groups in total. The lowest BCUT2D eigenvalue weighted by Gasteiger charge is -2.20. The Morgan fingerprint density at radius 2 is 1.64 bits per heavy atom. The molecule has 1 amide bonds. The summed E-state index contributed by atoms with van der Waals surface area (Å²) in [6.45, 7) is 2.26. The van der Waals surface area contributed by atoms with Gasteiger partial charge in [-0.05, 0) is 60.5 Å². The highest BCUT2D eigenvalue weighted by atomic mass is 35.5. The number of hydrogen-bond donors (Lipinski definition) is 0. The molecule has 0 aliphatic heterocycles. The third-order valence-electron chi connectivity index (χ3n) is 7.54. The van der Waals surface area contributed by atoms with Gasteiger partial charge in [-0.2, -0.15) is 0 Å². The number of benzene rings is 4. The van der Waals surface area contributed by atoms with Crippen LogP contribution in [0.25, 0.3) is 10.9 Å². The Balaban J connectivity index is 1.36. The normalized spacial score (nSPS) is 11.8. The molecule has 0 bridgehead atoms. The summed E-state index contributed by atoms with van der Waals surface area (Å²) in [5.74, 6) is 1.11. The van der Waals surface area contributed by atoms with Gasteiger partial charge in [0.1, 0.15) is 18.2 Å². The molecule has 0 saturated carbocycles. The van der Waals surface area contributed by atoms with Gasteiger partial charge in [0.15, 0.2) is 9.84 Å². The highest BCUT2D eigenvalue weighted by Gasteiger charge is 2.27. The second-order valence-corrected chi connectivity index (χ2v) is 15.1. The number of amides is 1. The lowest BCUT2D eigenvalue weighted by atomic mass is 10.1. The molecule has 244 valence electrons. The first-order chi connectivity index (χ1) is 22.4. The molecular formula is C34H32ClN3O7S2. The minimum absolute atomic E-state index is 0.000983. The van der Waals surface area contributed by atoms with E-state index >= 15 is 0 Å². The van der Waals surface area contributed by atoms with Gasteiger partial charge in [-0.3, -0.25) is 14.2 Å². The number of ether oxygens (including phenoxy) is 1. The molecule has 1 aromatic heterocycles. The number of sulfonamides is 1. The third-order valence-corrected chi connectivity index (χ3v) is 10.8. The number of carbonyl (C=O) groups is 1. The molecule has 0 saturated heterocycles. The molecule has 4 aromatic carbocycles. The average Bonchev–Trinajstić information content (AvgIpc) is 3.06. The van der Waals surface area contributed by atoms with Crippen LogP contribution in [0.2, 0.25) is 5.02 Å². The maximum absolute atomic E-state index is 13.6. The predicted molar refractivity (Wildman–Crippen MR) is 181 cm³/mol. The maximum Gasteiger partial charge on any atom is 0.270 e. The van der Waals surface area contributed by atoms with Crippen LogP contribution in [0.3, 0.4) is 0 Å². The van der Waals surface area contributed by atoms with Crippen molar-refractivity contribution in [1.29, 1.82) is 0 Å². The number of aryl methyl sites for hydroxylation is 1. The minimum atomic E-state index is -4.19. The molecule has 0 radical (unpaired) electrons. The molecule has 47 heavy (non-hydrogen) atoms. The summed E-state index contributed by atoms with van der Waals surface area (Å²) >= 11 is 6.58. The zero-order chi connectivity index (χ0) is 33.8. The zero-order valence-electron chi connectivity index (χ0n) is 25.7. The van der Waals surface area contributed by atoms with Gasteiger partial charge in [0.2, 0.25) is 6.41 Å². The predicted octanol–water partition coefficient (Wildman–Crippen LogP) is 5.78. The largest absolute Gasteiger partial charge is 0.489 e. The van der Waals surface area contributed by atoms with Crippen LogP contribution in [0.4, 0.5) is 5.69 Å². The Labute approximate surface area is 278 Å². The fourth-order valence-corrected chi connectivity index (χ4v) is 7.22. The maximum atomic E-state index is 13.6. The van der Waals surface area contributed by atoms with Gasteiger partial charge >= 0.3 is 0 Å². The number of fused-ring (bicyclic) bond motifs is 1. The van der Waals surface area contributed by atoms with Crippen LogP contribution in [0.5, 0.6) is 5.75 Å². The number of carbonyl (C=O) groups excluding carboxylic acids is 1. The van der Waals surface area contributed by atoms with E-state index in [-0.39, 0.29) is 51.0 Å². The molecule has 5 aromatic rings. The van der Waals surface area contributed by atoms with Crippen LogP contribution in [-0.4, -0.2) is 39.1 Å². The first-order valence-corrected chi connectivity index (χ1v) is 18.4. The van der Waals surface area contributed by atoms with E-state index in [4.69, 9.17) is 21.3 Å². The summed E-state index contributed by atoms with van der Waals surface area (Å²) in [6, 6.07) is 23.8. The van der Waals surface area contributed by atoms with Gasteiger partial charge in [0, 0.05) is 18.2 Å². The second-order valence-electron chi connectivity index (χ2n) is 10.9. The van der Waals surface area contributed by atoms with Crippen LogP contribution in [-0.2, 0) is 44.2 Å². The van der Waals surface area contributed by atoms with Crippen molar-refractivity contribution in [3.63, 3.8) is 0 Å². The van der Waals surface area contributed by atoms with Crippen LogP contribution >= 0.6 is 11.6 Å². The SMILES string of the molecule is CCCCc1nc2ccc(S(C)(=O)=O)cc2c(=O)n1Cc1ccc(OCc2cccc(N(C=O)S(=O)(=O)c3ccccc3)c2Cl)cc1. The Kier molecular flexibility index (Phi) is 10.1. The number of sulfone groups is 1. The molecule has 0 atom stereocenters. The monoisotopic (exact) mass is 693 g/mol. The van der Waals surface area contributed by atoms with E-state index in [9.17, 15) is 26.4 Å². The Bertz CT molecular complexity index is 2210. The summed E-state index contributed by atoms with van der Waals surface area (Å²) < 4.78 is 58.7. The summed E-state index contributed by atoms with van der Waals surface area (Å²) in [5.41, 5.74) is 1.39. The highest BCUT2D eigenvalue weighted by molar-refractivity contribution is 7.93. The molecule has 0 aliphatic rings. The third kappa shape index (κ3) is 7.40. The second kappa shape index (κ2) is 14.1. The van der Waals surface area contributed by atoms with E-state index in [0.717, 1.165) is 24.7 Å². The number of nitrogens with zero attached hydrogens (tertiary/aromatic N) is 3. The van der Waals surface area contributed by atoms with Gasteiger partial charge in [-0.15, -0.1) is 0 Å². The van der Waals surface area contributed by atoms with Crippen LogP contribution in [0.15, 0.2) is 106 Å². The van der Waals surface area contributed by atoms with Crippen molar-refractivity contribution < 1.29 is 26.4 Å². The number of unbranched alkanes of at least 4 members (excludes halogenated alkanes) is 1. The van der Waals surface area contributed by atoms with Gasteiger partial charge < -0.3 is 4.74 Å². The van der Waals surface area contributed by atoms with Crippen LogP contribution in [0, 0.1) is 0 Å². The fraction of sp³-hybridized carbons (Fsp3) is 0.206. The number of anilines is 1. The van der Waals surface area contributed by atoms with Crippen LogP contribution in [0.1, 0.15) is 36.7 Å². The van der Waals surface area contributed by atoms with Gasteiger partial charge in [-0.25, -0.2) is 26.1 Å². The Hall–Kier alpha value is -4.52. The molecule has 0 unspecified atom stereocenters. The van der Waals surface area contributed by atoms with Crippen molar-refractivity contribution in [2.75, 3.05) is 10.6 Å². The molecule has 0 aliphatic carbocycles. The van der Waals surface area contributed by atoms with Gasteiger partial charge in [0.05, 0.1) is 37.9 Å². The molecule has 0 fully saturated rings. The van der Waals surface area contributed by atoms with Crippen molar-refractivity contribution >= 4 is 54.5 Å². The van der Waals surface area contributed by atoms with Gasteiger partial charge in [0.25, 0.3) is 15.6 Å². The van der Waals surface area contributed by atoms with E-state index in [1.165, 1.54) is 30.3 Å². The van der Waals surface area contributed by atoms with Crippen LogP contribution < -0.4 is 14.6 Å². The molecule has 13 heteroatoms. The minimum Gasteiger partial charge on any atom is -0.489 e. The number of rotatable bonds is 13. The van der Waals surface area contributed by atoms with E-state index < -0.39 is 19.9 Å². The molecule has 5 rings (SSSR count). The van der Waals surface area contributed by atoms with E-state index in [1.807, 2.05) is 0 Å². The Morgan fingerprint density at radius 1 is 0.915 bits per heavy atom. The standard InChI is InChI=1S/C34H32ClN3O7S2/c1-3-4-13-32-36-30-19-18-28(46(2,41)42)20-29(30)34(40)37(32)21-24-14-16-26(17-15-24)45-22-25-9-8-12-31(33(25)35)38(23-39)47(43,44)27-10-6-5-7-11-27/h5-12,14-20,23H,3-4,13,21-22H2,1-2H3. The summed E-state index contributed by atoms with van der Waals surface area (Å²) in [4.78, 5) is 30.3. The first kappa shape index (κ1) is 33.8. The zero-order valence-corrected chi connectivity index (χ0v) is 28.1. The number of aromatic nitrogens is 2. The summed E-state index contributed by atoms with van der Waals surface area (Å²) in [6.07, 6.45) is 3.64. The first-order valence-electron chi connectivity index (χ1n) is 14.7. The fourth-order valence-electron chi connectivity index (χ4n) is 5.00. The highest BCUT2D eigenvalue weighted by Crippen LogP contribution is 2.33. The van der Waals surface area contributed by atoms with Crippen molar-refractivity contribution in [3.8, 4) is 5.75 Å². The van der Waals surface area contributed by atoms with E-state index in [1.54, 1.807) is 65.2 Å².